The Hall–Kier alpha value is -0.930. The molecule has 0 spiro atoms. The molecular weight excluding hydrogens is 253 g/mol. The van der Waals surface area contributed by atoms with Crippen LogP contribution in [0.25, 0.3) is 0 Å². The first kappa shape index (κ1) is 13.5. The number of Topliss-reactive ketones (excluding diaryl/α,β-unsaturated/α-hetero) is 1. The van der Waals surface area contributed by atoms with Gasteiger partial charge in [-0.2, -0.15) is 0 Å². The number of rotatable bonds is 4. The summed E-state index contributed by atoms with van der Waals surface area (Å²) in [5.41, 5.74) is -0.439. The molecule has 0 aromatic heterocycles. The molecule has 1 aliphatic rings. The predicted octanol–water partition coefficient (Wildman–Crippen LogP) is 3.58. The fraction of sp³-hybridized carbons (Fsp3) is 0.500. The van der Waals surface area contributed by atoms with Crippen LogP contribution in [0.3, 0.4) is 0 Å². The molecule has 2 nitrogen and oxygen atoms in total. The van der Waals surface area contributed by atoms with E-state index >= 15 is 0 Å². The molecule has 0 saturated carbocycles. The van der Waals surface area contributed by atoms with Crippen LogP contribution in [0.1, 0.15) is 43.0 Å². The topological polar surface area (TPSA) is 29.1 Å². The third-order valence-corrected chi connectivity index (χ3v) is 3.77. The smallest absolute Gasteiger partial charge is 0.185 e. The molecule has 1 heterocycles. The van der Waals surface area contributed by atoms with Crippen molar-refractivity contribution in [2.45, 2.75) is 38.1 Å². The number of halogens is 2. The van der Waals surface area contributed by atoms with E-state index in [1.807, 2.05) is 6.92 Å². The highest BCUT2D eigenvalue weighted by Gasteiger charge is 2.41. The van der Waals surface area contributed by atoms with Crippen LogP contribution in [-0.2, 0) is 0 Å². The number of nitrogens with one attached hydrogen (secondary N) is 1. The van der Waals surface area contributed by atoms with Crippen molar-refractivity contribution in [2.24, 2.45) is 0 Å². The van der Waals surface area contributed by atoms with Crippen LogP contribution in [0.5, 0.6) is 0 Å². The predicted molar refractivity (Wildman–Crippen MR) is 70.6 cm³/mol. The van der Waals surface area contributed by atoms with E-state index in [1.54, 1.807) is 6.07 Å². The summed E-state index contributed by atoms with van der Waals surface area (Å²) in [5.74, 6) is -0.673. The summed E-state index contributed by atoms with van der Waals surface area (Å²) in [6, 6.07) is 4.24. The summed E-state index contributed by atoms with van der Waals surface area (Å²) in [4.78, 5) is 12.5. The Balaban J connectivity index is 2.34. The molecule has 1 fully saturated rings. The number of hydrogen-bond donors (Lipinski definition) is 1. The van der Waals surface area contributed by atoms with Gasteiger partial charge in [0.25, 0.3) is 0 Å². The second kappa shape index (κ2) is 5.37. The Labute approximate surface area is 112 Å². The molecule has 18 heavy (non-hydrogen) atoms. The summed E-state index contributed by atoms with van der Waals surface area (Å²) in [6.07, 6.45) is 3.38. The highest BCUT2D eigenvalue weighted by molar-refractivity contribution is 6.30. The summed E-state index contributed by atoms with van der Waals surface area (Å²) in [6.45, 7) is 2.86. The lowest BCUT2D eigenvalue weighted by Gasteiger charge is -2.27. The zero-order valence-corrected chi connectivity index (χ0v) is 11.2. The third-order valence-electron chi connectivity index (χ3n) is 3.53. The van der Waals surface area contributed by atoms with Crippen LogP contribution in [0.15, 0.2) is 18.2 Å². The minimum Gasteiger partial charge on any atom is -0.305 e. The highest BCUT2D eigenvalue weighted by atomic mass is 35.5. The Morgan fingerprint density at radius 2 is 2.33 bits per heavy atom. The maximum absolute atomic E-state index is 13.8. The first-order valence-electron chi connectivity index (χ1n) is 6.34. The van der Waals surface area contributed by atoms with Crippen LogP contribution < -0.4 is 5.32 Å². The Morgan fingerprint density at radius 1 is 1.56 bits per heavy atom. The van der Waals surface area contributed by atoms with Crippen molar-refractivity contribution in [1.29, 1.82) is 0 Å². The molecule has 1 saturated heterocycles. The Bertz CT molecular complexity index is 455. The first-order valence-corrected chi connectivity index (χ1v) is 6.72. The molecule has 98 valence electrons. The minimum atomic E-state index is -0.580. The van der Waals surface area contributed by atoms with Crippen molar-refractivity contribution in [3.05, 3.63) is 34.6 Å². The normalized spacial score (nSPS) is 23.3. The monoisotopic (exact) mass is 269 g/mol. The van der Waals surface area contributed by atoms with Crippen LogP contribution in [0.4, 0.5) is 4.39 Å². The lowest BCUT2D eigenvalue weighted by Crippen LogP contribution is -2.47. The Morgan fingerprint density at radius 3 is 2.89 bits per heavy atom. The van der Waals surface area contributed by atoms with Gasteiger partial charge in [-0.1, -0.05) is 24.9 Å². The van der Waals surface area contributed by atoms with E-state index in [1.165, 1.54) is 12.1 Å². The van der Waals surface area contributed by atoms with Crippen molar-refractivity contribution in [3.63, 3.8) is 0 Å². The zero-order valence-electron chi connectivity index (χ0n) is 10.4. The van der Waals surface area contributed by atoms with E-state index in [4.69, 9.17) is 11.6 Å². The van der Waals surface area contributed by atoms with Gasteiger partial charge in [-0.15, -0.1) is 0 Å². The number of carbonyl (C=O) groups is 1. The SMILES string of the molecule is CCCC1(C(=O)c2ccc(Cl)cc2F)CCCN1. The summed E-state index contributed by atoms with van der Waals surface area (Å²) in [7, 11) is 0. The maximum Gasteiger partial charge on any atom is 0.185 e. The quantitative estimate of drug-likeness (QED) is 0.847. The van der Waals surface area contributed by atoms with Gasteiger partial charge in [-0.3, -0.25) is 4.79 Å². The molecule has 0 aliphatic carbocycles. The summed E-state index contributed by atoms with van der Waals surface area (Å²) in [5, 5.41) is 3.57. The molecule has 0 bridgehead atoms. The van der Waals surface area contributed by atoms with Crippen molar-refractivity contribution in [1.82, 2.24) is 5.32 Å². The van der Waals surface area contributed by atoms with E-state index in [0.29, 0.717) is 5.02 Å². The zero-order chi connectivity index (χ0) is 13.2. The number of ketones is 1. The second-order valence-corrected chi connectivity index (χ2v) is 5.25. The van der Waals surface area contributed by atoms with Gasteiger partial charge in [0.2, 0.25) is 0 Å². The van der Waals surface area contributed by atoms with Gasteiger partial charge in [0, 0.05) is 5.02 Å². The maximum atomic E-state index is 13.8. The van der Waals surface area contributed by atoms with Crippen LogP contribution in [0.2, 0.25) is 5.02 Å². The van der Waals surface area contributed by atoms with Gasteiger partial charge in [0.15, 0.2) is 5.78 Å². The van der Waals surface area contributed by atoms with Crippen LogP contribution in [0, 0.1) is 5.82 Å². The standard InChI is InChI=1S/C14H17ClFNO/c1-2-6-14(7-3-8-17-14)13(18)11-5-4-10(15)9-12(11)16/h4-5,9,17H,2-3,6-8H2,1H3. The van der Waals surface area contributed by atoms with E-state index in [-0.39, 0.29) is 11.3 Å². The third kappa shape index (κ3) is 2.43. The molecule has 1 aromatic rings. The fourth-order valence-electron chi connectivity index (χ4n) is 2.69. The second-order valence-electron chi connectivity index (χ2n) is 4.82. The average Bonchev–Trinajstić information content (AvgIpc) is 2.78. The van der Waals surface area contributed by atoms with E-state index < -0.39 is 11.4 Å². The summed E-state index contributed by atoms with van der Waals surface area (Å²) < 4.78 is 13.8. The molecular formula is C14H17ClFNO. The van der Waals surface area contributed by atoms with Crippen molar-refractivity contribution in [2.75, 3.05) is 6.54 Å². The fourth-order valence-corrected chi connectivity index (χ4v) is 2.84. The molecule has 2 rings (SSSR count). The average molecular weight is 270 g/mol. The van der Waals surface area contributed by atoms with Gasteiger partial charge in [-0.25, -0.2) is 4.39 Å². The molecule has 0 radical (unpaired) electrons. The van der Waals surface area contributed by atoms with Crippen molar-refractivity contribution in [3.8, 4) is 0 Å². The molecule has 0 amide bonds. The molecule has 1 unspecified atom stereocenters. The van der Waals surface area contributed by atoms with Gasteiger partial charge in [0.05, 0.1) is 11.1 Å². The largest absolute Gasteiger partial charge is 0.305 e. The van der Waals surface area contributed by atoms with Gasteiger partial charge < -0.3 is 5.32 Å². The first-order chi connectivity index (χ1) is 8.59. The van der Waals surface area contributed by atoms with Crippen molar-refractivity contribution < 1.29 is 9.18 Å². The highest BCUT2D eigenvalue weighted by Crippen LogP contribution is 2.30. The minimum absolute atomic E-state index is 0.141. The van der Waals surface area contributed by atoms with Crippen molar-refractivity contribution >= 4 is 17.4 Å². The molecule has 1 aliphatic heterocycles. The molecule has 1 atom stereocenters. The van der Waals surface area contributed by atoms with Gasteiger partial charge in [0.1, 0.15) is 5.82 Å². The molecule has 4 heteroatoms. The number of hydrogen-bond acceptors (Lipinski definition) is 2. The van der Waals surface area contributed by atoms with E-state index in [9.17, 15) is 9.18 Å². The van der Waals surface area contributed by atoms with E-state index in [0.717, 1.165) is 32.2 Å². The lowest BCUT2D eigenvalue weighted by molar-refractivity contribution is 0.0853. The number of benzene rings is 1. The van der Waals surface area contributed by atoms with Gasteiger partial charge >= 0.3 is 0 Å². The van der Waals surface area contributed by atoms with Crippen LogP contribution in [-0.4, -0.2) is 17.9 Å². The Kier molecular flexibility index (Phi) is 4.03. The lowest BCUT2D eigenvalue weighted by atomic mass is 9.84. The van der Waals surface area contributed by atoms with Crippen LogP contribution >= 0.6 is 11.6 Å². The molecule has 1 N–H and O–H groups in total. The van der Waals surface area contributed by atoms with E-state index in [2.05, 4.69) is 5.32 Å². The number of carbonyl (C=O) groups excluding carboxylic acids is 1. The summed E-state index contributed by atoms with van der Waals surface area (Å²) >= 11 is 5.71. The molecule has 1 aromatic carbocycles. The van der Waals surface area contributed by atoms with Gasteiger partial charge in [-0.05, 0) is 44.0 Å².